The van der Waals surface area contributed by atoms with Gasteiger partial charge in [-0.3, -0.25) is 9.52 Å². The molecule has 0 aliphatic rings. The summed E-state index contributed by atoms with van der Waals surface area (Å²) in [6.07, 6.45) is 1.27. The second kappa shape index (κ2) is 8.76. The normalized spacial score (nSPS) is 11.2. The van der Waals surface area contributed by atoms with Crippen LogP contribution >= 0.6 is 35.0 Å². The summed E-state index contributed by atoms with van der Waals surface area (Å²) in [6, 6.07) is 4.22. The molecule has 2 N–H and O–H groups in total. The summed E-state index contributed by atoms with van der Waals surface area (Å²) in [5.74, 6) is -0.838. The minimum Gasteiger partial charge on any atom is -0.481 e. The van der Waals surface area contributed by atoms with Crippen molar-refractivity contribution in [2.75, 3.05) is 17.6 Å². The van der Waals surface area contributed by atoms with Crippen LogP contribution in [0.4, 0.5) is 5.82 Å². The zero-order valence-electron chi connectivity index (χ0n) is 13.3. The Morgan fingerprint density at radius 1 is 1.38 bits per heavy atom. The van der Waals surface area contributed by atoms with Gasteiger partial charge in [0.15, 0.2) is 0 Å². The molecule has 0 radical (unpaired) electrons. The van der Waals surface area contributed by atoms with E-state index in [1.165, 1.54) is 31.5 Å². The van der Waals surface area contributed by atoms with Gasteiger partial charge in [-0.05, 0) is 12.1 Å². The Morgan fingerprint density at radius 3 is 2.77 bits per heavy atom. The molecule has 0 aliphatic carbocycles. The van der Waals surface area contributed by atoms with Gasteiger partial charge < -0.3 is 9.84 Å². The van der Waals surface area contributed by atoms with Crippen molar-refractivity contribution >= 4 is 56.8 Å². The van der Waals surface area contributed by atoms with Gasteiger partial charge in [0, 0.05) is 5.75 Å². The third kappa shape index (κ3) is 5.13. The maximum atomic E-state index is 12.5. The number of aliphatic carboxylic acids is 1. The van der Waals surface area contributed by atoms with E-state index in [1.54, 1.807) is 0 Å². The molecule has 0 amide bonds. The van der Waals surface area contributed by atoms with Crippen LogP contribution in [-0.4, -0.2) is 42.3 Å². The topological polar surface area (TPSA) is 118 Å². The van der Waals surface area contributed by atoms with Gasteiger partial charge in [0.25, 0.3) is 15.9 Å². The smallest absolute Gasteiger partial charge is 0.304 e. The molecule has 26 heavy (non-hydrogen) atoms. The zero-order chi connectivity index (χ0) is 19.3. The maximum Gasteiger partial charge on any atom is 0.304 e. The highest BCUT2D eigenvalue weighted by molar-refractivity contribution is 7.99. The monoisotopic (exact) mass is 437 g/mol. The highest BCUT2D eigenvalue weighted by Crippen LogP contribution is 2.31. The number of methoxy groups -OCH3 is 1. The summed E-state index contributed by atoms with van der Waals surface area (Å²) in [7, 11) is -2.77. The number of benzene rings is 1. The van der Waals surface area contributed by atoms with E-state index in [4.69, 9.17) is 33.0 Å². The quantitative estimate of drug-likeness (QED) is 0.604. The molecule has 140 valence electrons. The van der Waals surface area contributed by atoms with Crippen LogP contribution in [0.3, 0.4) is 0 Å². The van der Waals surface area contributed by atoms with Gasteiger partial charge in [-0.15, -0.1) is 11.8 Å². The van der Waals surface area contributed by atoms with Crippen molar-refractivity contribution in [3.05, 3.63) is 34.4 Å². The molecular weight excluding hydrogens is 425 g/mol. The largest absolute Gasteiger partial charge is 0.481 e. The molecule has 1 aromatic carbocycles. The van der Waals surface area contributed by atoms with Crippen molar-refractivity contribution in [3.8, 4) is 5.88 Å². The molecular formula is C14H13Cl2N3O5S2. The molecule has 8 nitrogen and oxygen atoms in total. The molecule has 12 heteroatoms. The standard InChI is InChI=1S/C14H13Cl2N3O5S2/c1-24-14-13(17-7-10(18-14)25-6-5-11(20)21)19-26(22,23)9-4-2-3-8(15)12(9)16/h2-4,7H,5-6H2,1H3,(H,17,19)(H,20,21). The number of carbonyl (C=O) groups is 1. The predicted molar refractivity (Wildman–Crippen MR) is 98.8 cm³/mol. The third-order valence-electron chi connectivity index (χ3n) is 2.91. The van der Waals surface area contributed by atoms with E-state index in [-0.39, 0.29) is 38.8 Å². The van der Waals surface area contributed by atoms with Gasteiger partial charge in [-0.25, -0.2) is 18.4 Å². The summed E-state index contributed by atoms with van der Waals surface area (Å²) >= 11 is 13.0. The number of anilines is 1. The van der Waals surface area contributed by atoms with Crippen LogP contribution in [0.1, 0.15) is 6.42 Å². The minimum atomic E-state index is -4.07. The van der Waals surface area contributed by atoms with Crippen LogP contribution < -0.4 is 9.46 Å². The summed E-state index contributed by atoms with van der Waals surface area (Å²) < 4.78 is 32.4. The minimum absolute atomic E-state index is 0.0453. The lowest BCUT2D eigenvalue weighted by Gasteiger charge is -2.12. The molecule has 0 bridgehead atoms. The first-order valence-electron chi connectivity index (χ1n) is 6.97. The van der Waals surface area contributed by atoms with Crippen molar-refractivity contribution < 1.29 is 23.1 Å². The highest BCUT2D eigenvalue weighted by Gasteiger charge is 2.22. The van der Waals surface area contributed by atoms with Crippen molar-refractivity contribution in [3.63, 3.8) is 0 Å². The zero-order valence-corrected chi connectivity index (χ0v) is 16.4. The fraction of sp³-hybridized carbons (Fsp3) is 0.214. The first kappa shape index (κ1) is 20.6. The number of carboxylic acids is 1. The van der Waals surface area contributed by atoms with E-state index in [9.17, 15) is 13.2 Å². The van der Waals surface area contributed by atoms with Gasteiger partial charge in [-0.2, -0.15) is 0 Å². The summed E-state index contributed by atoms with van der Waals surface area (Å²) in [6.45, 7) is 0. The number of carboxylic acid groups (broad SMARTS) is 1. The molecule has 0 spiro atoms. The van der Waals surface area contributed by atoms with E-state index in [1.807, 2.05) is 0 Å². The predicted octanol–water partition coefficient (Wildman–Crippen LogP) is 3.16. The van der Waals surface area contributed by atoms with Gasteiger partial charge >= 0.3 is 5.97 Å². The molecule has 0 aliphatic heterocycles. The number of rotatable bonds is 8. The molecule has 0 saturated heterocycles. The maximum absolute atomic E-state index is 12.5. The van der Waals surface area contributed by atoms with Crippen molar-refractivity contribution in [2.24, 2.45) is 0 Å². The van der Waals surface area contributed by atoms with Gasteiger partial charge in [0.1, 0.15) is 9.92 Å². The first-order chi connectivity index (χ1) is 12.2. The number of hydrogen-bond donors (Lipinski definition) is 2. The average molecular weight is 438 g/mol. The van der Waals surface area contributed by atoms with Crippen molar-refractivity contribution in [1.29, 1.82) is 0 Å². The molecule has 2 rings (SSSR count). The number of aromatic nitrogens is 2. The number of thioether (sulfide) groups is 1. The molecule has 2 aromatic rings. The SMILES string of the molecule is COc1nc(SCCC(=O)O)cnc1NS(=O)(=O)c1cccc(Cl)c1Cl. The Labute approximate surface area is 163 Å². The Kier molecular flexibility index (Phi) is 6.93. The van der Waals surface area contributed by atoms with E-state index >= 15 is 0 Å². The lowest BCUT2D eigenvalue weighted by Crippen LogP contribution is -2.16. The van der Waals surface area contributed by atoms with E-state index in [2.05, 4.69) is 14.7 Å². The fourth-order valence-corrected chi connectivity index (χ4v) is 4.29. The Balaban J connectivity index is 2.25. The Hall–Kier alpha value is -1.75. The van der Waals surface area contributed by atoms with Crippen LogP contribution in [0, 0.1) is 0 Å². The van der Waals surface area contributed by atoms with Crippen molar-refractivity contribution in [2.45, 2.75) is 16.3 Å². The average Bonchev–Trinajstić information content (AvgIpc) is 2.57. The van der Waals surface area contributed by atoms with Crippen LogP contribution in [0.15, 0.2) is 34.3 Å². The van der Waals surface area contributed by atoms with Crippen molar-refractivity contribution in [1.82, 2.24) is 9.97 Å². The number of hydrogen-bond acceptors (Lipinski definition) is 7. The second-order valence-electron chi connectivity index (χ2n) is 4.72. The molecule has 0 fully saturated rings. The van der Waals surface area contributed by atoms with Crippen LogP contribution in [0.25, 0.3) is 0 Å². The number of nitrogens with one attached hydrogen (secondary N) is 1. The molecule has 0 atom stereocenters. The van der Waals surface area contributed by atoms with E-state index in [0.29, 0.717) is 5.03 Å². The van der Waals surface area contributed by atoms with Gasteiger partial charge in [-0.1, -0.05) is 29.3 Å². The first-order valence-corrected chi connectivity index (χ1v) is 10.2. The number of nitrogens with zero attached hydrogens (tertiary/aromatic N) is 2. The molecule has 1 heterocycles. The molecule has 1 aromatic heterocycles. The number of ether oxygens (including phenoxy) is 1. The Bertz CT molecular complexity index is 925. The molecule has 0 saturated carbocycles. The van der Waals surface area contributed by atoms with E-state index in [0.717, 1.165) is 11.8 Å². The van der Waals surface area contributed by atoms with Gasteiger partial charge in [0.05, 0.1) is 29.8 Å². The molecule has 0 unspecified atom stereocenters. The van der Waals surface area contributed by atoms with Crippen LogP contribution in [0.5, 0.6) is 5.88 Å². The number of halogens is 2. The van der Waals surface area contributed by atoms with Crippen LogP contribution in [-0.2, 0) is 14.8 Å². The Morgan fingerprint density at radius 2 is 2.12 bits per heavy atom. The summed E-state index contributed by atoms with van der Waals surface area (Å²) in [5.41, 5.74) is 0. The summed E-state index contributed by atoms with van der Waals surface area (Å²) in [5, 5.41) is 9.02. The second-order valence-corrected chi connectivity index (χ2v) is 8.27. The lowest BCUT2D eigenvalue weighted by molar-refractivity contribution is -0.136. The fourth-order valence-electron chi connectivity index (χ4n) is 1.76. The number of sulfonamides is 1. The highest BCUT2D eigenvalue weighted by atomic mass is 35.5. The third-order valence-corrected chi connectivity index (χ3v) is 6.13. The van der Waals surface area contributed by atoms with Crippen LogP contribution in [0.2, 0.25) is 10.0 Å². The van der Waals surface area contributed by atoms with E-state index < -0.39 is 16.0 Å². The van der Waals surface area contributed by atoms with Gasteiger partial charge in [0.2, 0.25) is 5.82 Å². The summed E-state index contributed by atoms with van der Waals surface area (Å²) in [4.78, 5) is 18.4. The lowest BCUT2D eigenvalue weighted by atomic mass is 10.4.